The van der Waals surface area contributed by atoms with E-state index in [2.05, 4.69) is 21.8 Å². The minimum Gasteiger partial charge on any atom is -0.383 e. The molecule has 0 bridgehead atoms. The Labute approximate surface area is 122 Å². The second-order valence-electron chi connectivity index (χ2n) is 5.84. The molecule has 0 saturated heterocycles. The average molecular weight is 279 g/mol. The molecular weight excluding hydrogens is 250 g/mol. The number of ether oxygens (including phenoxy) is 1. The van der Waals surface area contributed by atoms with Crippen LogP contribution in [0.5, 0.6) is 0 Å². The van der Waals surface area contributed by atoms with Gasteiger partial charge in [-0.05, 0) is 25.2 Å². The highest BCUT2D eigenvalue weighted by Gasteiger charge is 2.24. The van der Waals surface area contributed by atoms with Gasteiger partial charge in [-0.15, -0.1) is 0 Å². The summed E-state index contributed by atoms with van der Waals surface area (Å²) in [6.45, 7) is 4.84. The predicted octanol–water partition coefficient (Wildman–Crippen LogP) is 3.15. The van der Waals surface area contributed by atoms with Gasteiger partial charge in [-0.25, -0.2) is 4.98 Å². The molecule has 1 aromatic rings. The molecule has 1 unspecified atom stereocenters. The summed E-state index contributed by atoms with van der Waals surface area (Å²) in [5.41, 5.74) is 1.30. The standard InChI is InChI=1S/C16H29N3O/c1-3-16(14-7-5-4-6-8-14)19-13-18-12-15(19)11-17-9-10-20-2/h12-14,16-17H,3-11H2,1-2H3. The van der Waals surface area contributed by atoms with Gasteiger partial charge in [0.2, 0.25) is 0 Å². The smallest absolute Gasteiger partial charge is 0.0951 e. The molecule has 2 rings (SSSR count). The molecule has 0 amide bonds. The van der Waals surface area contributed by atoms with Crippen LogP contribution >= 0.6 is 0 Å². The number of aromatic nitrogens is 2. The Morgan fingerprint density at radius 1 is 1.40 bits per heavy atom. The molecule has 1 aromatic heterocycles. The molecule has 1 atom stereocenters. The predicted molar refractivity (Wildman–Crippen MR) is 81.7 cm³/mol. The Morgan fingerprint density at radius 2 is 2.20 bits per heavy atom. The summed E-state index contributed by atoms with van der Waals surface area (Å²) in [5.74, 6) is 0.834. The van der Waals surface area contributed by atoms with Crippen molar-refractivity contribution in [2.24, 2.45) is 5.92 Å². The SMILES string of the molecule is CCC(C1CCCCC1)n1cncc1CNCCOC. The maximum Gasteiger partial charge on any atom is 0.0951 e. The number of rotatable bonds is 8. The second kappa shape index (κ2) is 8.42. The van der Waals surface area contributed by atoms with E-state index in [0.29, 0.717) is 6.04 Å². The van der Waals surface area contributed by atoms with Crippen LogP contribution in [0.4, 0.5) is 0 Å². The minimum atomic E-state index is 0.622. The van der Waals surface area contributed by atoms with Crippen molar-refractivity contribution in [1.29, 1.82) is 0 Å². The Bertz CT molecular complexity index is 372. The largest absolute Gasteiger partial charge is 0.383 e. The van der Waals surface area contributed by atoms with Crippen molar-refractivity contribution in [3.8, 4) is 0 Å². The summed E-state index contributed by atoms with van der Waals surface area (Å²) in [7, 11) is 1.74. The molecule has 1 fully saturated rings. The summed E-state index contributed by atoms with van der Waals surface area (Å²) in [5, 5.41) is 3.43. The fourth-order valence-electron chi connectivity index (χ4n) is 3.43. The zero-order chi connectivity index (χ0) is 14.2. The molecule has 0 aliphatic heterocycles. The third-order valence-corrected chi connectivity index (χ3v) is 4.50. The zero-order valence-electron chi connectivity index (χ0n) is 13.0. The first-order valence-corrected chi connectivity index (χ1v) is 8.07. The van der Waals surface area contributed by atoms with Gasteiger partial charge in [0, 0.05) is 32.4 Å². The lowest BCUT2D eigenvalue weighted by molar-refractivity contribution is 0.198. The van der Waals surface area contributed by atoms with E-state index < -0.39 is 0 Å². The number of nitrogens with zero attached hydrogens (tertiary/aromatic N) is 2. The highest BCUT2D eigenvalue weighted by atomic mass is 16.5. The monoisotopic (exact) mass is 279 g/mol. The maximum atomic E-state index is 5.07. The van der Waals surface area contributed by atoms with Gasteiger partial charge in [0.1, 0.15) is 0 Å². The molecule has 0 radical (unpaired) electrons. The summed E-state index contributed by atoms with van der Waals surface area (Å²) in [6.07, 6.45) is 12.2. The molecule has 114 valence electrons. The Kier molecular flexibility index (Phi) is 6.54. The number of hydrogen-bond acceptors (Lipinski definition) is 3. The van der Waals surface area contributed by atoms with Gasteiger partial charge in [0.05, 0.1) is 18.6 Å². The molecule has 1 N–H and O–H groups in total. The fourth-order valence-corrected chi connectivity index (χ4v) is 3.43. The van der Waals surface area contributed by atoms with Gasteiger partial charge in [0.15, 0.2) is 0 Å². The van der Waals surface area contributed by atoms with E-state index in [4.69, 9.17) is 4.74 Å². The van der Waals surface area contributed by atoms with Crippen LogP contribution in [0, 0.1) is 5.92 Å². The number of hydrogen-bond donors (Lipinski definition) is 1. The van der Waals surface area contributed by atoms with Crippen molar-refractivity contribution in [3.05, 3.63) is 18.2 Å². The van der Waals surface area contributed by atoms with Gasteiger partial charge < -0.3 is 14.6 Å². The third kappa shape index (κ3) is 4.06. The van der Waals surface area contributed by atoms with E-state index >= 15 is 0 Å². The molecule has 0 spiro atoms. The van der Waals surface area contributed by atoms with Crippen molar-refractivity contribution < 1.29 is 4.74 Å². The average Bonchev–Trinajstić information content (AvgIpc) is 2.94. The van der Waals surface area contributed by atoms with E-state index in [1.54, 1.807) is 7.11 Å². The van der Waals surface area contributed by atoms with Crippen LogP contribution in [-0.2, 0) is 11.3 Å². The Hall–Kier alpha value is -0.870. The Balaban J connectivity index is 1.96. The van der Waals surface area contributed by atoms with Crippen LogP contribution in [0.2, 0.25) is 0 Å². The van der Waals surface area contributed by atoms with Gasteiger partial charge >= 0.3 is 0 Å². The number of nitrogens with one attached hydrogen (secondary N) is 1. The van der Waals surface area contributed by atoms with E-state index in [-0.39, 0.29) is 0 Å². The van der Waals surface area contributed by atoms with Gasteiger partial charge in [-0.1, -0.05) is 26.2 Å². The lowest BCUT2D eigenvalue weighted by atomic mass is 9.82. The van der Waals surface area contributed by atoms with Crippen LogP contribution < -0.4 is 5.32 Å². The van der Waals surface area contributed by atoms with Crippen molar-refractivity contribution in [3.63, 3.8) is 0 Å². The van der Waals surface area contributed by atoms with Crippen molar-refractivity contribution in [2.75, 3.05) is 20.3 Å². The first-order chi connectivity index (χ1) is 9.86. The molecule has 4 nitrogen and oxygen atoms in total. The minimum absolute atomic E-state index is 0.622. The molecule has 1 saturated carbocycles. The molecular formula is C16H29N3O. The second-order valence-corrected chi connectivity index (χ2v) is 5.84. The van der Waals surface area contributed by atoms with E-state index in [0.717, 1.165) is 25.6 Å². The molecule has 20 heavy (non-hydrogen) atoms. The highest BCUT2D eigenvalue weighted by Crippen LogP contribution is 2.35. The summed E-state index contributed by atoms with van der Waals surface area (Å²) in [6, 6.07) is 0.622. The van der Waals surface area contributed by atoms with Crippen LogP contribution in [0.3, 0.4) is 0 Å². The topological polar surface area (TPSA) is 39.1 Å². The summed E-state index contributed by atoms with van der Waals surface area (Å²) >= 11 is 0. The molecule has 1 heterocycles. The highest BCUT2D eigenvalue weighted by molar-refractivity contribution is 5.01. The normalized spacial score (nSPS) is 18.3. The quantitative estimate of drug-likeness (QED) is 0.743. The van der Waals surface area contributed by atoms with Crippen molar-refractivity contribution in [1.82, 2.24) is 14.9 Å². The van der Waals surface area contributed by atoms with Gasteiger partial charge in [0.25, 0.3) is 0 Å². The first-order valence-electron chi connectivity index (χ1n) is 8.07. The van der Waals surface area contributed by atoms with E-state index in [9.17, 15) is 0 Å². The third-order valence-electron chi connectivity index (χ3n) is 4.50. The van der Waals surface area contributed by atoms with E-state index in [1.807, 2.05) is 12.5 Å². The Morgan fingerprint density at radius 3 is 2.90 bits per heavy atom. The molecule has 1 aliphatic carbocycles. The van der Waals surface area contributed by atoms with Crippen molar-refractivity contribution in [2.45, 2.75) is 58.0 Å². The van der Waals surface area contributed by atoms with Crippen LogP contribution in [-0.4, -0.2) is 29.8 Å². The van der Waals surface area contributed by atoms with Crippen LogP contribution in [0.1, 0.15) is 57.2 Å². The van der Waals surface area contributed by atoms with Crippen molar-refractivity contribution >= 4 is 0 Å². The zero-order valence-corrected chi connectivity index (χ0v) is 13.0. The molecule has 0 aromatic carbocycles. The number of imidazole rings is 1. The lowest BCUT2D eigenvalue weighted by Gasteiger charge is -2.31. The van der Waals surface area contributed by atoms with Gasteiger partial charge in [-0.3, -0.25) is 0 Å². The first kappa shape index (κ1) is 15.5. The fraction of sp³-hybridized carbons (Fsp3) is 0.812. The summed E-state index contributed by atoms with van der Waals surface area (Å²) < 4.78 is 7.48. The van der Waals surface area contributed by atoms with Crippen LogP contribution in [0.25, 0.3) is 0 Å². The van der Waals surface area contributed by atoms with Crippen LogP contribution in [0.15, 0.2) is 12.5 Å². The lowest BCUT2D eigenvalue weighted by Crippen LogP contribution is -2.25. The number of methoxy groups -OCH3 is 1. The summed E-state index contributed by atoms with van der Waals surface area (Å²) in [4.78, 5) is 4.38. The van der Waals surface area contributed by atoms with E-state index in [1.165, 1.54) is 44.2 Å². The molecule has 1 aliphatic rings. The van der Waals surface area contributed by atoms with Gasteiger partial charge in [-0.2, -0.15) is 0 Å². The molecule has 4 heteroatoms. The maximum absolute atomic E-state index is 5.07.